The lowest BCUT2D eigenvalue weighted by molar-refractivity contribution is -0.111. The van der Waals surface area contributed by atoms with Gasteiger partial charge in [-0.15, -0.1) is 0 Å². The predicted molar refractivity (Wildman–Crippen MR) is 94.9 cm³/mol. The Morgan fingerprint density at radius 3 is 1.62 bits per heavy atom. The lowest BCUT2D eigenvalue weighted by Gasteiger charge is -2.01. The molecular weight excluding hydrogens is 280 g/mol. The van der Waals surface area contributed by atoms with E-state index in [0.29, 0.717) is 6.42 Å². The minimum absolute atomic E-state index is 0.185. The highest BCUT2D eigenvalue weighted by atomic mass is 35.5. The Hall–Kier alpha value is -0.300. The third-order valence-corrected chi connectivity index (χ3v) is 4.07. The zero-order valence-corrected chi connectivity index (χ0v) is 14.8. The smallest absolute Gasteiger partial charge is 0.221 e. The van der Waals surface area contributed by atoms with Crippen molar-refractivity contribution in [1.82, 2.24) is 0 Å². The van der Waals surface area contributed by atoms with Crippen molar-refractivity contribution in [2.45, 2.75) is 103 Å². The summed E-state index contributed by atoms with van der Waals surface area (Å²) in [6, 6.07) is 0. The molecule has 0 saturated heterocycles. The second kappa shape index (κ2) is 17.8. The summed E-state index contributed by atoms with van der Waals surface area (Å²) in [6.07, 6.45) is 23.4. The van der Waals surface area contributed by atoms with Crippen LogP contribution in [0.2, 0.25) is 0 Å². The zero-order valence-electron chi connectivity index (χ0n) is 14.0. The molecule has 2 heteroatoms. The third kappa shape index (κ3) is 19.7. The highest BCUT2D eigenvalue weighted by molar-refractivity contribution is 6.63. The number of rotatable bonds is 16. The van der Waals surface area contributed by atoms with Crippen molar-refractivity contribution in [2.75, 3.05) is 0 Å². The number of carbonyl (C=O) groups excluding carboxylic acids is 1. The number of hydrogen-bond donors (Lipinski definition) is 0. The fourth-order valence-electron chi connectivity index (χ4n) is 2.50. The van der Waals surface area contributed by atoms with Gasteiger partial charge in [-0.1, -0.05) is 83.3 Å². The Kier molecular flexibility index (Phi) is 17.5. The topological polar surface area (TPSA) is 17.1 Å². The van der Waals surface area contributed by atoms with Gasteiger partial charge in [0.15, 0.2) is 0 Å². The van der Waals surface area contributed by atoms with Gasteiger partial charge in [0.25, 0.3) is 0 Å². The van der Waals surface area contributed by atoms with Crippen LogP contribution in [0.1, 0.15) is 103 Å². The Morgan fingerprint density at radius 2 is 1.14 bits per heavy atom. The molecule has 1 nitrogen and oxygen atoms in total. The van der Waals surface area contributed by atoms with Crippen LogP contribution >= 0.6 is 11.6 Å². The van der Waals surface area contributed by atoms with Crippen LogP contribution < -0.4 is 0 Å². The average molecular weight is 315 g/mol. The van der Waals surface area contributed by atoms with Crippen molar-refractivity contribution in [3.05, 3.63) is 12.2 Å². The van der Waals surface area contributed by atoms with Gasteiger partial charge in [0.05, 0.1) is 0 Å². The number of allylic oxidation sites excluding steroid dienone is 2. The molecule has 0 aromatic carbocycles. The SMILES string of the molecule is CCCC/C=C/CCCCCCCCCCCCC(=O)Cl. The number of hydrogen-bond acceptors (Lipinski definition) is 1. The minimum atomic E-state index is -0.185. The Bertz CT molecular complexity index is 248. The highest BCUT2D eigenvalue weighted by Crippen LogP contribution is 2.12. The molecule has 0 aromatic heterocycles. The van der Waals surface area contributed by atoms with Crippen molar-refractivity contribution in [2.24, 2.45) is 0 Å². The van der Waals surface area contributed by atoms with E-state index in [2.05, 4.69) is 19.1 Å². The molecule has 0 atom stereocenters. The molecule has 0 aliphatic heterocycles. The standard InChI is InChI=1S/C19H35ClO/c1-2-3-4-5-6-7-8-9-10-11-12-13-14-15-16-17-18-19(20)21/h5-6H,2-4,7-18H2,1H3/b6-5+. The maximum absolute atomic E-state index is 10.6. The van der Waals surface area contributed by atoms with E-state index in [0.717, 1.165) is 12.8 Å². The Morgan fingerprint density at radius 1 is 0.714 bits per heavy atom. The first kappa shape index (κ1) is 20.7. The van der Waals surface area contributed by atoms with Crippen molar-refractivity contribution < 1.29 is 4.79 Å². The largest absolute Gasteiger partial charge is 0.281 e. The number of halogens is 1. The lowest BCUT2D eigenvalue weighted by atomic mass is 10.1. The van der Waals surface area contributed by atoms with Gasteiger partial charge in [-0.25, -0.2) is 0 Å². The quantitative estimate of drug-likeness (QED) is 0.167. The summed E-state index contributed by atoms with van der Waals surface area (Å²) in [5.74, 6) is 0. The minimum Gasteiger partial charge on any atom is -0.281 e. The summed E-state index contributed by atoms with van der Waals surface area (Å²) < 4.78 is 0. The molecule has 21 heavy (non-hydrogen) atoms. The summed E-state index contributed by atoms with van der Waals surface area (Å²) in [5.41, 5.74) is 0. The van der Waals surface area contributed by atoms with Gasteiger partial charge in [0, 0.05) is 6.42 Å². The van der Waals surface area contributed by atoms with Crippen molar-refractivity contribution in [1.29, 1.82) is 0 Å². The summed E-state index contributed by atoms with van der Waals surface area (Å²) >= 11 is 5.30. The van der Waals surface area contributed by atoms with Crippen LogP contribution in [0.4, 0.5) is 0 Å². The van der Waals surface area contributed by atoms with E-state index in [4.69, 9.17) is 11.6 Å². The van der Waals surface area contributed by atoms with E-state index < -0.39 is 0 Å². The maximum atomic E-state index is 10.6. The van der Waals surface area contributed by atoms with Crippen LogP contribution in [0, 0.1) is 0 Å². The lowest BCUT2D eigenvalue weighted by Crippen LogP contribution is -1.86. The molecule has 0 aliphatic rings. The maximum Gasteiger partial charge on any atom is 0.221 e. The number of unbranched alkanes of at least 4 members (excludes halogenated alkanes) is 12. The first-order valence-electron chi connectivity index (χ1n) is 9.10. The van der Waals surface area contributed by atoms with Gasteiger partial charge in [-0.3, -0.25) is 4.79 Å². The van der Waals surface area contributed by atoms with Gasteiger partial charge in [-0.05, 0) is 37.3 Å². The molecule has 0 aliphatic carbocycles. The third-order valence-electron chi connectivity index (χ3n) is 3.89. The van der Waals surface area contributed by atoms with Crippen molar-refractivity contribution in [3.63, 3.8) is 0 Å². The van der Waals surface area contributed by atoms with Crippen LogP contribution in [0.25, 0.3) is 0 Å². The van der Waals surface area contributed by atoms with E-state index in [1.54, 1.807) is 0 Å². The molecule has 0 bridgehead atoms. The second-order valence-corrected chi connectivity index (χ2v) is 6.46. The van der Waals surface area contributed by atoms with Crippen LogP contribution in [0.15, 0.2) is 12.2 Å². The summed E-state index contributed by atoms with van der Waals surface area (Å²) in [7, 11) is 0. The number of carbonyl (C=O) groups is 1. The molecule has 124 valence electrons. The Labute approximate surface area is 137 Å². The van der Waals surface area contributed by atoms with Crippen LogP contribution in [0.5, 0.6) is 0 Å². The first-order valence-corrected chi connectivity index (χ1v) is 9.48. The molecule has 0 N–H and O–H groups in total. The molecule has 0 spiro atoms. The average Bonchev–Trinajstić information content (AvgIpc) is 2.46. The predicted octanol–water partition coefficient (Wildman–Crippen LogP) is 7.18. The first-order chi connectivity index (χ1) is 10.3. The summed E-state index contributed by atoms with van der Waals surface area (Å²) in [6.45, 7) is 2.24. The molecule has 0 unspecified atom stereocenters. The van der Waals surface area contributed by atoms with Crippen LogP contribution in [0.3, 0.4) is 0 Å². The molecule has 0 rings (SSSR count). The molecule has 0 amide bonds. The fourth-order valence-corrected chi connectivity index (χ4v) is 2.63. The fraction of sp³-hybridized carbons (Fsp3) is 0.842. The van der Waals surface area contributed by atoms with Gasteiger partial charge >= 0.3 is 0 Å². The summed E-state index contributed by atoms with van der Waals surface area (Å²) in [5, 5.41) is -0.185. The van der Waals surface area contributed by atoms with Gasteiger partial charge < -0.3 is 0 Å². The second-order valence-electron chi connectivity index (χ2n) is 6.04. The molecule has 0 heterocycles. The van der Waals surface area contributed by atoms with E-state index in [-0.39, 0.29) is 5.24 Å². The Balaban J connectivity index is 3.02. The molecule has 0 radical (unpaired) electrons. The molecule has 0 aromatic rings. The normalized spacial score (nSPS) is 11.3. The molecule has 0 fully saturated rings. The van der Waals surface area contributed by atoms with Gasteiger partial charge in [0.1, 0.15) is 0 Å². The van der Waals surface area contributed by atoms with E-state index in [1.807, 2.05) is 0 Å². The van der Waals surface area contributed by atoms with Crippen molar-refractivity contribution >= 4 is 16.8 Å². The molecule has 0 saturated carbocycles. The zero-order chi connectivity index (χ0) is 15.6. The molecular formula is C19H35ClO. The monoisotopic (exact) mass is 314 g/mol. The van der Waals surface area contributed by atoms with E-state index in [1.165, 1.54) is 77.0 Å². The summed E-state index contributed by atoms with van der Waals surface area (Å²) in [4.78, 5) is 10.6. The van der Waals surface area contributed by atoms with Crippen molar-refractivity contribution in [3.8, 4) is 0 Å². The highest BCUT2D eigenvalue weighted by Gasteiger charge is 1.96. The van der Waals surface area contributed by atoms with E-state index >= 15 is 0 Å². The van der Waals surface area contributed by atoms with Crippen LogP contribution in [-0.2, 0) is 4.79 Å². The van der Waals surface area contributed by atoms with E-state index in [9.17, 15) is 4.79 Å². The van der Waals surface area contributed by atoms with Crippen LogP contribution in [-0.4, -0.2) is 5.24 Å². The van der Waals surface area contributed by atoms with Gasteiger partial charge in [-0.2, -0.15) is 0 Å². The van der Waals surface area contributed by atoms with Gasteiger partial charge in [0.2, 0.25) is 5.24 Å².